The van der Waals surface area contributed by atoms with E-state index < -0.39 is 18.0 Å². The second-order valence-corrected chi connectivity index (χ2v) is 7.60. The third kappa shape index (κ3) is 4.45. The van der Waals surface area contributed by atoms with E-state index in [9.17, 15) is 18.0 Å². The molecule has 1 aliphatic heterocycles. The first-order chi connectivity index (χ1) is 15.9. The molecule has 0 atom stereocenters. The molecule has 4 aromatic rings. The lowest BCUT2D eigenvalue weighted by Gasteiger charge is -2.19. The number of rotatable bonds is 5. The number of imidazole rings is 1. The van der Waals surface area contributed by atoms with Crippen molar-refractivity contribution in [2.24, 2.45) is 0 Å². The van der Waals surface area contributed by atoms with E-state index >= 15 is 0 Å². The molecular weight excluding hydrogens is 435 g/mol. The molecule has 0 saturated heterocycles. The van der Waals surface area contributed by atoms with Gasteiger partial charge in [0.05, 0.1) is 24.6 Å². The van der Waals surface area contributed by atoms with Crippen LogP contribution in [-0.4, -0.2) is 33.2 Å². The number of nitrogens with one attached hydrogen (secondary N) is 1. The summed E-state index contributed by atoms with van der Waals surface area (Å²) in [5, 5.41) is 2.63. The highest BCUT2D eigenvalue weighted by Crippen LogP contribution is 2.31. The van der Waals surface area contributed by atoms with E-state index in [1.807, 2.05) is 22.9 Å². The zero-order valence-electron chi connectivity index (χ0n) is 17.2. The molecule has 0 aliphatic carbocycles. The largest absolute Gasteiger partial charge is 0.573 e. The molecule has 3 heterocycles. The number of ether oxygens (including phenoxy) is 1. The number of nitrogens with zero attached hydrogens (tertiary/aromatic N) is 4. The minimum atomic E-state index is -4.80. The highest BCUT2D eigenvalue weighted by molar-refractivity contribution is 6.05. The van der Waals surface area contributed by atoms with Crippen LogP contribution in [0.25, 0.3) is 5.65 Å². The van der Waals surface area contributed by atoms with Gasteiger partial charge in [0.2, 0.25) is 0 Å². The van der Waals surface area contributed by atoms with Crippen LogP contribution >= 0.6 is 0 Å². The molecule has 5 rings (SSSR count). The quantitative estimate of drug-likeness (QED) is 0.484. The van der Waals surface area contributed by atoms with Gasteiger partial charge in [-0.2, -0.15) is 0 Å². The molecule has 33 heavy (non-hydrogen) atoms. The van der Waals surface area contributed by atoms with Crippen LogP contribution in [0.3, 0.4) is 0 Å². The molecule has 168 valence electrons. The number of hydrogen-bond acceptors (Lipinski definition) is 5. The summed E-state index contributed by atoms with van der Waals surface area (Å²) < 4.78 is 43.3. The maximum absolute atomic E-state index is 12.8. The van der Waals surface area contributed by atoms with Gasteiger partial charge in [-0.25, -0.2) is 4.98 Å². The van der Waals surface area contributed by atoms with Crippen molar-refractivity contribution in [2.75, 3.05) is 16.8 Å². The van der Waals surface area contributed by atoms with Crippen LogP contribution in [0, 0.1) is 0 Å². The molecule has 10 heteroatoms. The van der Waals surface area contributed by atoms with Gasteiger partial charge in [-0.15, -0.1) is 13.2 Å². The summed E-state index contributed by atoms with van der Waals surface area (Å²) in [6.07, 6.45) is 3.11. The van der Waals surface area contributed by atoms with Crippen molar-refractivity contribution in [1.82, 2.24) is 14.4 Å². The molecule has 1 amide bonds. The average Bonchev–Trinajstić information content (AvgIpc) is 3.37. The van der Waals surface area contributed by atoms with Crippen LogP contribution in [0.1, 0.15) is 21.6 Å². The predicted molar refractivity (Wildman–Crippen MR) is 115 cm³/mol. The Bertz CT molecular complexity index is 1340. The Morgan fingerprint density at radius 1 is 1.15 bits per heavy atom. The lowest BCUT2D eigenvalue weighted by Crippen LogP contribution is -2.21. The molecule has 0 bridgehead atoms. The minimum Gasteiger partial charge on any atom is -0.406 e. The van der Waals surface area contributed by atoms with Crippen LogP contribution in [-0.2, 0) is 13.0 Å². The van der Waals surface area contributed by atoms with Crippen LogP contribution in [0.2, 0.25) is 0 Å². The number of amides is 1. The van der Waals surface area contributed by atoms with Crippen LogP contribution in [0.5, 0.6) is 5.75 Å². The standard InChI is InChI=1S/C23H18F3N5O2/c24-23(25,26)33-19-3-1-2-17(11-19)29-22(32)16-5-4-15-6-8-30(20(15)10-16)14-18-12-28-21-13-27-7-9-31(18)21/h1-5,7,9-13H,6,8,14H2,(H,29,32). The highest BCUT2D eigenvalue weighted by Gasteiger charge is 2.31. The van der Waals surface area contributed by atoms with E-state index in [1.54, 1.807) is 24.5 Å². The zero-order chi connectivity index (χ0) is 23.0. The molecule has 0 radical (unpaired) electrons. The summed E-state index contributed by atoms with van der Waals surface area (Å²) in [6.45, 7) is 1.41. The summed E-state index contributed by atoms with van der Waals surface area (Å²) in [7, 11) is 0. The number of carbonyl (C=O) groups is 1. The minimum absolute atomic E-state index is 0.207. The first kappa shape index (κ1) is 20.8. The fourth-order valence-electron chi connectivity index (χ4n) is 3.93. The molecule has 1 aliphatic rings. The number of hydrogen-bond donors (Lipinski definition) is 1. The number of benzene rings is 2. The van der Waals surface area contributed by atoms with E-state index in [1.165, 1.54) is 18.2 Å². The average molecular weight is 453 g/mol. The van der Waals surface area contributed by atoms with Crippen molar-refractivity contribution in [3.63, 3.8) is 0 Å². The van der Waals surface area contributed by atoms with Gasteiger partial charge in [-0.1, -0.05) is 12.1 Å². The number of anilines is 2. The van der Waals surface area contributed by atoms with E-state index in [4.69, 9.17) is 0 Å². The Morgan fingerprint density at radius 3 is 2.88 bits per heavy atom. The third-order valence-electron chi connectivity index (χ3n) is 5.41. The lowest BCUT2D eigenvalue weighted by atomic mass is 10.1. The van der Waals surface area contributed by atoms with E-state index in [0.717, 1.165) is 41.6 Å². The van der Waals surface area contributed by atoms with Crippen molar-refractivity contribution >= 4 is 22.9 Å². The van der Waals surface area contributed by atoms with Gasteiger partial charge in [0.1, 0.15) is 5.75 Å². The van der Waals surface area contributed by atoms with E-state index in [-0.39, 0.29) is 5.69 Å². The fourth-order valence-corrected chi connectivity index (χ4v) is 3.93. The molecule has 1 N–H and O–H groups in total. The fraction of sp³-hybridized carbons (Fsp3) is 0.174. The van der Waals surface area contributed by atoms with Gasteiger partial charge in [-0.3, -0.25) is 14.2 Å². The number of halogens is 3. The van der Waals surface area contributed by atoms with Gasteiger partial charge in [0.15, 0.2) is 5.65 Å². The van der Waals surface area contributed by atoms with Crippen LogP contribution in [0.4, 0.5) is 24.5 Å². The Hall–Kier alpha value is -4.08. The first-order valence-corrected chi connectivity index (χ1v) is 10.2. The third-order valence-corrected chi connectivity index (χ3v) is 5.41. The molecule has 0 spiro atoms. The Labute approximate surface area is 186 Å². The smallest absolute Gasteiger partial charge is 0.406 e. The molecule has 0 fully saturated rings. The summed E-state index contributed by atoms with van der Waals surface area (Å²) in [5.41, 5.74) is 4.44. The van der Waals surface area contributed by atoms with Crippen molar-refractivity contribution in [1.29, 1.82) is 0 Å². The monoisotopic (exact) mass is 453 g/mol. The van der Waals surface area contributed by atoms with E-state index in [2.05, 4.69) is 24.9 Å². The molecule has 0 unspecified atom stereocenters. The van der Waals surface area contributed by atoms with Gasteiger partial charge in [0, 0.05) is 41.9 Å². The van der Waals surface area contributed by atoms with Gasteiger partial charge in [-0.05, 0) is 36.2 Å². The molecule has 2 aromatic carbocycles. The van der Waals surface area contributed by atoms with Crippen molar-refractivity contribution < 1.29 is 22.7 Å². The second-order valence-electron chi connectivity index (χ2n) is 7.60. The highest BCUT2D eigenvalue weighted by atomic mass is 19.4. The molecule has 2 aromatic heterocycles. The second kappa shape index (κ2) is 8.12. The number of carbonyl (C=O) groups excluding carboxylic acids is 1. The van der Waals surface area contributed by atoms with Crippen molar-refractivity contribution in [3.8, 4) is 5.75 Å². The number of alkyl halides is 3. The topological polar surface area (TPSA) is 71.8 Å². The summed E-state index contributed by atoms with van der Waals surface area (Å²) in [5.74, 6) is -0.821. The Balaban J connectivity index is 1.34. The van der Waals surface area contributed by atoms with Crippen LogP contribution < -0.4 is 15.0 Å². The van der Waals surface area contributed by atoms with Crippen molar-refractivity contribution in [3.05, 3.63) is 84.1 Å². The summed E-state index contributed by atoms with van der Waals surface area (Å²) >= 11 is 0. The molecular formula is C23H18F3N5O2. The predicted octanol–water partition coefficient (Wildman–Crippen LogP) is 4.44. The summed E-state index contributed by atoms with van der Waals surface area (Å²) in [4.78, 5) is 23.4. The van der Waals surface area contributed by atoms with E-state index in [0.29, 0.717) is 12.1 Å². The Morgan fingerprint density at radius 2 is 2.03 bits per heavy atom. The van der Waals surface area contributed by atoms with Crippen molar-refractivity contribution in [2.45, 2.75) is 19.3 Å². The zero-order valence-corrected chi connectivity index (χ0v) is 17.2. The van der Waals surface area contributed by atoms with Gasteiger partial charge < -0.3 is 15.0 Å². The van der Waals surface area contributed by atoms with Crippen LogP contribution in [0.15, 0.2) is 67.3 Å². The maximum atomic E-state index is 12.8. The first-order valence-electron chi connectivity index (χ1n) is 10.2. The Kier molecular flexibility index (Phi) is 5.12. The lowest BCUT2D eigenvalue weighted by molar-refractivity contribution is -0.274. The van der Waals surface area contributed by atoms with Gasteiger partial charge in [0.25, 0.3) is 5.91 Å². The van der Waals surface area contributed by atoms with Gasteiger partial charge >= 0.3 is 6.36 Å². The molecule has 0 saturated carbocycles. The number of fused-ring (bicyclic) bond motifs is 2. The molecule has 7 nitrogen and oxygen atoms in total. The maximum Gasteiger partial charge on any atom is 0.573 e. The SMILES string of the molecule is O=C(Nc1cccc(OC(F)(F)F)c1)c1ccc2c(c1)N(Cc1cnc3cnccn13)CC2. The normalized spacial score (nSPS) is 13.2. The summed E-state index contributed by atoms with van der Waals surface area (Å²) in [6, 6.07) is 10.6. The number of aromatic nitrogens is 3.